The number of carbonyl (C=O) groups excluding carboxylic acids is 4. The average molecular weight is 623 g/mol. The molecule has 0 bridgehead atoms. The van der Waals surface area contributed by atoms with Crippen LogP contribution in [0.25, 0.3) is 10.4 Å². The number of ketones is 2. The summed E-state index contributed by atoms with van der Waals surface area (Å²) in [7, 11) is 1.60. The van der Waals surface area contributed by atoms with E-state index in [2.05, 4.69) is 22.3 Å². The molecule has 13 nitrogen and oxygen atoms in total. The summed E-state index contributed by atoms with van der Waals surface area (Å²) >= 11 is 0. The van der Waals surface area contributed by atoms with Gasteiger partial charge in [0.1, 0.15) is 23.9 Å². The predicted octanol–water partition coefficient (Wildman–Crippen LogP) is 4.75. The van der Waals surface area contributed by atoms with E-state index in [1.54, 1.807) is 27.9 Å². The van der Waals surface area contributed by atoms with Crippen molar-refractivity contribution in [2.24, 2.45) is 40.1 Å². The fraction of sp³-hybridized carbons (Fsp3) is 0.871. The number of esters is 1. The number of Topliss-reactive ketones (excluding diaryl/α,β-unsaturated/α-hetero) is 2. The van der Waals surface area contributed by atoms with Gasteiger partial charge in [0, 0.05) is 36.3 Å². The highest BCUT2D eigenvalue weighted by molar-refractivity contribution is 6.00. The van der Waals surface area contributed by atoms with Crippen molar-refractivity contribution in [1.82, 2.24) is 5.32 Å². The third-order valence-corrected chi connectivity index (χ3v) is 9.83. The molecule has 0 radical (unpaired) electrons. The highest BCUT2D eigenvalue weighted by atomic mass is 16.7. The molecule has 1 N–H and O–H groups in total. The smallest absolute Gasteiger partial charge is 0.408 e. The number of rotatable bonds is 6. The summed E-state index contributed by atoms with van der Waals surface area (Å²) in [6, 6.07) is -0.849. The number of hydrogen-bond donors (Lipinski definition) is 1. The number of nitrogens with zero attached hydrogens (tertiary/aromatic N) is 3. The van der Waals surface area contributed by atoms with Gasteiger partial charge in [-0.2, -0.15) is 0 Å². The zero-order valence-electron chi connectivity index (χ0n) is 27.7. The molecule has 3 saturated heterocycles. The lowest BCUT2D eigenvalue weighted by Gasteiger charge is -2.46. The molecule has 0 aromatic carbocycles. The summed E-state index contributed by atoms with van der Waals surface area (Å²) in [5, 5.41) is 6.31. The van der Waals surface area contributed by atoms with Gasteiger partial charge < -0.3 is 29.0 Å². The van der Waals surface area contributed by atoms with Gasteiger partial charge in [-0.15, -0.1) is 0 Å². The molecule has 248 valence electrons. The number of cyclic esters (lactones) is 1. The Hall–Kier alpha value is -2.73. The number of nitrogens with one attached hydrogen (secondary N) is 1. The van der Waals surface area contributed by atoms with E-state index in [0.29, 0.717) is 6.42 Å². The van der Waals surface area contributed by atoms with Gasteiger partial charge in [0.05, 0.1) is 18.2 Å². The molecule has 0 aliphatic carbocycles. The average Bonchev–Trinajstić information content (AvgIpc) is 3.26. The van der Waals surface area contributed by atoms with Gasteiger partial charge >= 0.3 is 12.1 Å². The van der Waals surface area contributed by atoms with E-state index in [4.69, 9.17) is 29.2 Å². The second-order valence-corrected chi connectivity index (χ2v) is 13.8. The summed E-state index contributed by atoms with van der Waals surface area (Å²) < 4.78 is 30.2. The minimum Gasteiger partial charge on any atom is -0.457 e. The molecule has 0 aromatic heterocycles. The zero-order valence-corrected chi connectivity index (χ0v) is 27.7. The molecule has 0 spiro atoms. The van der Waals surface area contributed by atoms with Gasteiger partial charge in [0.25, 0.3) is 0 Å². The van der Waals surface area contributed by atoms with Crippen LogP contribution in [0.1, 0.15) is 81.6 Å². The Labute approximate surface area is 260 Å². The normalized spacial score (nSPS) is 41.8. The summed E-state index contributed by atoms with van der Waals surface area (Å²) in [5.41, 5.74) is 6.64. The fourth-order valence-electron chi connectivity index (χ4n) is 7.52. The molecule has 0 aromatic rings. The Kier molecular flexibility index (Phi) is 11.5. The van der Waals surface area contributed by atoms with Crippen LogP contribution >= 0.6 is 0 Å². The summed E-state index contributed by atoms with van der Waals surface area (Å²) in [5.74, 6) is -4.42. The van der Waals surface area contributed by atoms with Gasteiger partial charge in [-0.25, -0.2) is 4.79 Å². The second kappa shape index (κ2) is 14.1. The van der Waals surface area contributed by atoms with Crippen molar-refractivity contribution in [3.05, 3.63) is 10.4 Å². The molecule has 0 saturated carbocycles. The Morgan fingerprint density at radius 2 is 1.68 bits per heavy atom. The van der Waals surface area contributed by atoms with Crippen LogP contribution in [0.5, 0.6) is 0 Å². The van der Waals surface area contributed by atoms with Crippen LogP contribution in [0.4, 0.5) is 4.79 Å². The van der Waals surface area contributed by atoms with E-state index in [1.165, 1.54) is 6.92 Å². The van der Waals surface area contributed by atoms with Crippen molar-refractivity contribution >= 4 is 23.6 Å². The van der Waals surface area contributed by atoms with Gasteiger partial charge in [0.2, 0.25) is 0 Å². The number of methoxy groups -OCH3 is 1. The third-order valence-electron chi connectivity index (χ3n) is 9.83. The molecule has 1 amide bonds. The summed E-state index contributed by atoms with van der Waals surface area (Å²) in [6.45, 7) is 16.2. The maximum absolute atomic E-state index is 14.0. The first kappa shape index (κ1) is 35.7. The third kappa shape index (κ3) is 7.38. The molecular weight excluding hydrogens is 572 g/mol. The van der Waals surface area contributed by atoms with Crippen LogP contribution in [0.3, 0.4) is 0 Å². The maximum Gasteiger partial charge on any atom is 0.408 e. The van der Waals surface area contributed by atoms with Gasteiger partial charge in [-0.3, -0.25) is 14.4 Å². The lowest BCUT2D eigenvalue weighted by molar-refractivity contribution is -0.288. The van der Waals surface area contributed by atoms with Crippen molar-refractivity contribution in [3.63, 3.8) is 0 Å². The van der Waals surface area contributed by atoms with E-state index in [1.807, 2.05) is 27.7 Å². The molecule has 3 rings (SSSR count). The fourth-order valence-corrected chi connectivity index (χ4v) is 7.52. The van der Waals surface area contributed by atoms with Crippen molar-refractivity contribution in [1.29, 1.82) is 0 Å². The van der Waals surface area contributed by atoms with Crippen molar-refractivity contribution < 1.29 is 42.9 Å². The zero-order chi connectivity index (χ0) is 33.1. The van der Waals surface area contributed by atoms with E-state index in [0.717, 1.165) is 6.42 Å². The molecule has 44 heavy (non-hydrogen) atoms. The van der Waals surface area contributed by atoms with Crippen molar-refractivity contribution in [2.45, 2.75) is 124 Å². The highest BCUT2D eigenvalue weighted by Crippen LogP contribution is 2.42. The predicted molar refractivity (Wildman–Crippen MR) is 159 cm³/mol. The van der Waals surface area contributed by atoms with Gasteiger partial charge in [-0.1, -0.05) is 46.7 Å². The lowest BCUT2D eigenvalue weighted by atomic mass is 9.69. The van der Waals surface area contributed by atoms with Gasteiger partial charge in [-0.05, 0) is 56.9 Å². The Bertz CT molecular complexity index is 1140. The van der Waals surface area contributed by atoms with E-state index in [-0.39, 0.29) is 36.9 Å². The molecule has 12 atom stereocenters. The minimum absolute atomic E-state index is 0.0112. The van der Waals surface area contributed by atoms with E-state index < -0.39 is 77.1 Å². The molecule has 3 heterocycles. The number of hydrogen-bond acceptors (Lipinski definition) is 10. The second-order valence-electron chi connectivity index (χ2n) is 13.8. The number of ether oxygens (including phenoxy) is 5. The number of carbonyl (C=O) groups is 4. The summed E-state index contributed by atoms with van der Waals surface area (Å²) in [6.07, 6.45) is -2.69. The Morgan fingerprint density at radius 3 is 2.30 bits per heavy atom. The first-order valence-electron chi connectivity index (χ1n) is 15.6. The van der Waals surface area contributed by atoms with Gasteiger partial charge in [0.15, 0.2) is 17.7 Å². The topological polar surface area (TPSA) is 175 Å². The molecule has 13 heteroatoms. The van der Waals surface area contributed by atoms with Crippen LogP contribution in [0.2, 0.25) is 0 Å². The SMILES string of the molecule is COC1C(C)CC(C)OC1O[C@@H]1[C@@H](C)C(=O)[C@@H](C)C(=O)O[C@H](CCN=[N+]=[N-])[C@@]2(C)OC(=O)N[C@@H]2[C@@H](C)C(=O)[C@H](C)CC1(C)C. The highest BCUT2D eigenvalue weighted by Gasteiger charge is 2.57. The van der Waals surface area contributed by atoms with E-state index in [9.17, 15) is 19.2 Å². The monoisotopic (exact) mass is 622 g/mol. The van der Waals surface area contributed by atoms with Crippen LogP contribution in [0, 0.1) is 35.0 Å². The molecule has 3 aliphatic rings. The largest absolute Gasteiger partial charge is 0.457 e. The first-order valence-corrected chi connectivity index (χ1v) is 15.6. The quantitative estimate of drug-likeness (QED) is 0.144. The standard InChI is InChI=1S/C31H50N4O9/c1-15-13-17(3)41-28(24(15)40-10)43-26-19(5)23(37)20(6)27(38)42-21(11-12-33-35-32)31(9)25(34-29(39)44-31)18(4)22(36)16(2)14-30(26,7)8/h15-21,24-26,28H,11-14H2,1-10H3,(H,34,39)/t15?,16-,17?,18+,19+,20-,21-,24?,25-,26-,28?,31-/m1/s1. The number of fused-ring (bicyclic) bond motifs is 1. The van der Waals surface area contributed by atoms with E-state index >= 15 is 0 Å². The first-order chi connectivity index (χ1) is 20.5. The maximum atomic E-state index is 14.0. The lowest BCUT2D eigenvalue weighted by Crippen LogP contribution is -2.57. The van der Waals surface area contributed by atoms with Crippen molar-refractivity contribution in [3.8, 4) is 0 Å². The van der Waals surface area contributed by atoms with Crippen LogP contribution < -0.4 is 5.32 Å². The summed E-state index contributed by atoms with van der Waals surface area (Å²) in [4.78, 5) is 56.9. The van der Waals surface area contributed by atoms with Crippen LogP contribution in [-0.4, -0.2) is 79.6 Å². The Morgan fingerprint density at radius 1 is 1.02 bits per heavy atom. The molecule has 3 fully saturated rings. The molecular formula is C31H50N4O9. The number of alkyl carbamates (subject to hydrolysis) is 1. The minimum atomic E-state index is -1.47. The van der Waals surface area contributed by atoms with Crippen molar-refractivity contribution in [2.75, 3.05) is 13.7 Å². The van der Waals surface area contributed by atoms with Crippen LogP contribution in [0.15, 0.2) is 5.11 Å². The molecule has 3 aliphatic heterocycles. The van der Waals surface area contributed by atoms with Crippen LogP contribution in [-0.2, 0) is 38.1 Å². The number of amides is 1. The molecule has 4 unspecified atom stereocenters. The number of azide groups is 1. The Balaban J connectivity index is 2.08.